The molecule has 0 atom stereocenters. The van der Waals surface area contributed by atoms with Gasteiger partial charge in [0.15, 0.2) is 0 Å². The molecule has 134 valence electrons. The SMILES string of the molecule is CC(=O)Nc1ccc2c(c1)cc(C(=O)[O-])n2C(=O)OCCC(C)(C)C. The fraction of sp³-hybridized carbons (Fsp3) is 0.389. The Kier molecular flexibility index (Phi) is 5.15. The number of carbonyl (C=O) groups excluding carboxylic acids is 3. The molecule has 1 aromatic carbocycles. The van der Waals surface area contributed by atoms with Crippen LogP contribution >= 0.6 is 0 Å². The molecule has 25 heavy (non-hydrogen) atoms. The molecule has 0 unspecified atom stereocenters. The van der Waals surface area contributed by atoms with Gasteiger partial charge in [0.25, 0.3) is 0 Å². The van der Waals surface area contributed by atoms with E-state index in [1.807, 2.05) is 20.8 Å². The second kappa shape index (κ2) is 6.96. The zero-order valence-corrected chi connectivity index (χ0v) is 14.7. The first-order valence-electron chi connectivity index (χ1n) is 7.90. The smallest absolute Gasteiger partial charge is 0.419 e. The molecule has 1 heterocycles. The van der Waals surface area contributed by atoms with Gasteiger partial charge >= 0.3 is 6.09 Å². The molecule has 0 aliphatic heterocycles. The van der Waals surface area contributed by atoms with E-state index < -0.39 is 12.1 Å². The predicted molar refractivity (Wildman–Crippen MR) is 91.4 cm³/mol. The van der Waals surface area contributed by atoms with Crippen LogP contribution in [0.2, 0.25) is 0 Å². The lowest BCUT2D eigenvalue weighted by Gasteiger charge is -2.18. The molecule has 0 bridgehead atoms. The van der Waals surface area contributed by atoms with Gasteiger partial charge in [-0.25, -0.2) is 9.36 Å². The number of carbonyl (C=O) groups is 3. The molecule has 0 radical (unpaired) electrons. The fourth-order valence-corrected chi connectivity index (χ4v) is 2.35. The predicted octanol–water partition coefficient (Wildman–Crippen LogP) is 2.38. The van der Waals surface area contributed by atoms with Gasteiger partial charge in [0.1, 0.15) is 0 Å². The van der Waals surface area contributed by atoms with Gasteiger partial charge in [-0.1, -0.05) is 20.8 Å². The van der Waals surface area contributed by atoms with Crippen LogP contribution < -0.4 is 10.4 Å². The highest BCUT2D eigenvalue weighted by Crippen LogP contribution is 2.24. The number of rotatable bonds is 4. The van der Waals surface area contributed by atoms with Crippen molar-refractivity contribution in [2.45, 2.75) is 34.1 Å². The van der Waals surface area contributed by atoms with Crippen molar-refractivity contribution in [1.29, 1.82) is 0 Å². The number of hydrogen-bond donors (Lipinski definition) is 1. The molecule has 7 heteroatoms. The largest absolute Gasteiger partial charge is 0.543 e. The van der Waals surface area contributed by atoms with Gasteiger partial charge in [0, 0.05) is 18.0 Å². The molecule has 2 aromatic rings. The minimum absolute atomic E-state index is 0.0104. The number of aromatic nitrogens is 1. The van der Waals surface area contributed by atoms with Crippen molar-refractivity contribution in [2.75, 3.05) is 11.9 Å². The van der Waals surface area contributed by atoms with Gasteiger partial charge < -0.3 is 20.0 Å². The van der Waals surface area contributed by atoms with Crippen LogP contribution in [0.3, 0.4) is 0 Å². The molecule has 1 aromatic heterocycles. The van der Waals surface area contributed by atoms with Crippen molar-refractivity contribution < 1.29 is 24.2 Å². The van der Waals surface area contributed by atoms with Gasteiger partial charge in [-0.05, 0) is 36.1 Å². The average Bonchev–Trinajstić information content (AvgIpc) is 2.84. The Morgan fingerprint density at radius 1 is 1.20 bits per heavy atom. The number of anilines is 1. The number of ether oxygens (including phenoxy) is 1. The number of amides is 1. The molecule has 0 aliphatic carbocycles. The van der Waals surface area contributed by atoms with E-state index in [9.17, 15) is 19.5 Å². The second-order valence-electron chi connectivity index (χ2n) is 7.03. The topological polar surface area (TPSA) is 100 Å². The van der Waals surface area contributed by atoms with Crippen LogP contribution in [0.25, 0.3) is 10.9 Å². The Morgan fingerprint density at radius 3 is 2.44 bits per heavy atom. The number of hydrogen-bond acceptors (Lipinski definition) is 5. The minimum Gasteiger partial charge on any atom is -0.543 e. The maximum atomic E-state index is 12.4. The lowest BCUT2D eigenvalue weighted by Crippen LogP contribution is -2.28. The average molecular weight is 345 g/mol. The third-order valence-electron chi connectivity index (χ3n) is 3.59. The highest BCUT2D eigenvalue weighted by molar-refractivity contribution is 6.02. The van der Waals surface area contributed by atoms with Crippen molar-refractivity contribution in [1.82, 2.24) is 4.57 Å². The number of nitrogens with one attached hydrogen (secondary N) is 1. The van der Waals surface area contributed by atoms with Crippen molar-refractivity contribution in [3.8, 4) is 0 Å². The van der Waals surface area contributed by atoms with Crippen LogP contribution in [0.1, 0.15) is 44.6 Å². The van der Waals surface area contributed by atoms with E-state index in [-0.39, 0.29) is 23.6 Å². The Bertz CT molecular complexity index is 830. The van der Waals surface area contributed by atoms with Gasteiger partial charge in [-0.3, -0.25) is 4.79 Å². The third kappa shape index (κ3) is 4.59. The number of aromatic carboxylic acids is 1. The first-order chi connectivity index (χ1) is 11.6. The number of carboxylic acid groups (broad SMARTS) is 1. The van der Waals surface area contributed by atoms with Crippen molar-refractivity contribution in [3.63, 3.8) is 0 Å². The van der Waals surface area contributed by atoms with Crippen molar-refractivity contribution in [2.24, 2.45) is 5.41 Å². The first kappa shape index (κ1) is 18.5. The zero-order valence-electron chi connectivity index (χ0n) is 14.7. The minimum atomic E-state index is -1.48. The molecule has 0 aliphatic rings. The van der Waals surface area contributed by atoms with Crippen molar-refractivity contribution in [3.05, 3.63) is 30.0 Å². The monoisotopic (exact) mass is 345 g/mol. The maximum Gasteiger partial charge on any atom is 0.419 e. The van der Waals surface area contributed by atoms with Gasteiger partial charge in [-0.2, -0.15) is 0 Å². The van der Waals surface area contributed by atoms with Crippen molar-refractivity contribution >= 4 is 34.6 Å². The zero-order chi connectivity index (χ0) is 18.8. The lowest BCUT2D eigenvalue weighted by molar-refractivity contribution is -0.255. The summed E-state index contributed by atoms with van der Waals surface area (Å²) in [5, 5.41) is 14.5. The van der Waals surface area contributed by atoms with E-state index in [0.717, 1.165) is 4.57 Å². The van der Waals surface area contributed by atoms with E-state index in [0.29, 0.717) is 23.0 Å². The molecule has 0 fully saturated rings. The number of nitrogens with zero attached hydrogens (tertiary/aromatic N) is 1. The number of carboxylic acids is 1. The van der Waals surface area contributed by atoms with E-state index in [1.54, 1.807) is 18.2 Å². The number of benzene rings is 1. The highest BCUT2D eigenvalue weighted by atomic mass is 16.5. The van der Waals surface area contributed by atoms with Gasteiger partial charge in [0.2, 0.25) is 5.91 Å². The molecule has 0 saturated heterocycles. The standard InChI is InChI=1S/C18H22N2O5/c1-11(21)19-13-5-6-14-12(9-13)10-15(16(22)23)20(14)17(24)25-8-7-18(2,3)4/h5-6,9-10H,7-8H2,1-4H3,(H,19,21)(H,22,23)/p-1. The Morgan fingerprint density at radius 2 is 1.88 bits per heavy atom. The van der Waals surface area contributed by atoms with E-state index in [4.69, 9.17) is 4.74 Å². The molecule has 1 N–H and O–H groups in total. The summed E-state index contributed by atoms with van der Waals surface area (Å²) in [6, 6.07) is 6.04. The van der Waals surface area contributed by atoms with E-state index in [2.05, 4.69) is 5.32 Å². The Balaban J connectivity index is 2.36. The summed E-state index contributed by atoms with van der Waals surface area (Å²) in [6.45, 7) is 7.60. The maximum absolute atomic E-state index is 12.4. The van der Waals surface area contributed by atoms with Crippen LogP contribution in [-0.4, -0.2) is 29.1 Å². The van der Waals surface area contributed by atoms with E-state index >= 15 is 0 Å². The molecule has 1 amide bonds. The van der Waals surface area contributed by atoms with Gasteiger partial charge in [0.05, 0.1) is 23.8 Å². The molecular formula is C18H21N2O5-. The third-order valence-corrected chi connectivity index (χ3v) is 3.59. The lowest BCUT2D eigenvalue weighted by atomic mass is 9.93. The first-order valence-corrected chi connectivity index (χ1v) is 7.90. The van der Waals surface area contributed by atoms with Gasteiger partial charge in [-0.15, -0.1) is 0 Å². The fourth-order valence-electron chi connectivity index (χ4n) is 2.35. The van der Waals surface area contributed by atoms with Crippen LogP contribution in [0.5, 0.6) is 0 Å². The highest BCUT2D eigenvalue weighted by Gasteiger charge is 2.19. The summed E-state index contributed by atoms with van der Waals surface area (Å²) in [5.74, 6) is -1.73. The van der Waals surface area contributed by atoms with Crippen LogP contribution in [0.15, 0.2) is 24.3 Å². The quantitative estimate of drug-likeness (QED) is 0.917. The summed E-state index contributed by atoms with van der Waals surface area (Å²) < 4.78 is 6.20. The second-order valence-corrected chi connectivity index (χ2v) is 7.03. The molecule has 7 nitrogen and oxygen atoms in total. The van der Waals surface area contributed by atoms with E-state index in [1.165, 1.54) is 13.0 Å². The summed E-state index contributed by atoms with van der Waals surface area (Å²) >= 11 is 0. The molecule has 0 spiro atoms. The molecule has 0 saturated carbocycles. The number of fused-ring (bicyclic) bond motifs is 1. The summed E-state index contributed by atoms with van der Waals surface area (Å²) in [6.07, 6.45) is -0.128. The Labute approximate surface area is 145 Å². The summed E-state index contributed by atoms with van der Waals surface area (Å²) in [5.41, 5.74) is 0.566. The van der Waals surface area contributed by atoms with Crippen LogP contribution in [0.4, 0.5) is 10.5 Å². The Hall–Kier alpha value is -2.83. The van der Waals surface area contributed by atoms with Crippen LogP contribution in [0, 0.1) is 5.41 Å². The molecular weight excluding hydrogens is 324 g/mol. The summed E-state index contributed by atoms with van der Waals surface area (Å²) in [4.78, 5) is 34.9. The normalized spacial score (nSPS) is 11.4. The van der Waals surface area contributed by atoms with Crippen LogP contribution in [-0.2, 0) is 9.53 Å². The summed E-state index contributed by atoms with van der Waals surface area (Å²) in [7, 11) is 0. The molecule has 2 rings (SSSR count).